The second-order valence-electron chi connectivity index (χ2n) is 25.6. The summed E-state index contributed by atoms with van der Waals surface area (Å²) in [5.41, 5.74) is 30.9. The maximum absolute atomic E-state index is 12.6. The molecule has 0 aliphatic heterocycles. The minimum atomic E-state index is -0.798. The van der Waals surface area contributed by atoms with E-state index in [0.29, 0.717) is 5.75 Å². The van der Waals surface area contributed by atoms with Crippen LogP contribution >= 0.6 is 0 Å². The second kappa shape index (κ2) is 21.0. The molecule has 4 aliphatic carbocycles. The summed E-state index contributed by atoms with van der Waals surface area (Å²) < 4.78 is 0. The number of nitrogens with one attached hydrogen (secondary N) is 1. The molecule has 19 rings (SSSR count). The van der Waals surface area contributed by atoms with Crippen LogP contribution in [0.2, 0.25) is 0 Å². The van der Waals surface area contributed by atoms with Crippen molar-refractivity contribution in [3.63, 3.8) is 0 Å². The summed E-state index contributed by atoms with van der Waals surface area (Å²) in [5.74, 6) is 0.314. The summed E-state index contributed by atoms with van der Waals surface area (Å²) in [6.07, 6.45) is 0. The van der Waals surface area contributed by atoms with Crippen molar-refractivity contribution in [2.24, 2.45) is 0 Å². The highest BCUT2D eigenvalue weighted by Crippen LogP contribution is 2.64. The Morgan fingerprint density at radius 3 is 1.29 bits per heavy atom. The molecule has 438 valence electrons. The van der Waals surface area contributed by atoms with Gasteiger partial charge in [-0.1, -0.05) is 315 Å². The van der Waals surface area contributed by atoms with Crippen LogP contribution in [-0.4, -0.2) is 5.11 Å². The number of rotatable bonds is 7. The fraction of sp³-hybridized carbons (Fsp3) is 0.0549. The Morgan fingerprint density at radius 2 is 0.677 bits per heavy atom. The molecule has 2 N–H and O–H groups in total. The maximum atomic E-state index is 12.6. The third kappa shape index (κ3) is 7.70. The van der Waals surface area contributed by atoms with Crippen LogP contribution in [-0.2, 0) is 16.2 Å². The minimum Gasteiger partial charge on any atom is -0.507 e. The lowest BCUT2D eigenvalue weighted by Gasteiger charge is -2.36. The van der Waals surface area contributed by atoms with Gasteiger partial charge in [-0.25, -0.2) is 0 Å². The second-order valence-corrected chi connectivity index (χ2v) is 25.6. The van der Waals surface area contributed by atoms with Gasteiger partial charge in [0.15, 0.2) is 0 Å². The normalized spacial score (nSPS) is 15.0. The fourth-order valence-electron chi connectivity index (χ4n) is 17.3. The number of phenolic OH excluding ortho intramolecular Hbond substituents is 1. The standard InChI is InChI=1S/C65H45NO.C26H18/c1-42-50-23-10-8-17-43(50)33-39-56(42)65(60-40-34-44-18-9-11-24-52(44)63(60)67)58-29-15-13-26-55(58)62-51(27-16-30-59(62)65)45-31-35-48(36-32-45)66-49-37-38-54-53-25-12-14-28-57(53)64(61(54)41-49,46-19-4-2-5-20-46)47-21-6-3-7-22-47;1-17-14-15-25-21(16-17)20-10-4-7-13-24(20)26(25)22-11-5-2-8-18(22)19-9-3-6-12-23(19)26/h2-41,66-67H,1H3;2-16H,1H3. The van der Waals surface area contributed by atoms with Crippen LogP contribution in [0.1, 0.15) is 77.9 Å². The Hall–Kier alpha value is -11.6. The zero-order valence-electron chi connectivity index (χ0n) is 51.7. The van der Waals surface area contributed by atoms with Crippen molar-refractivity contribution < 1.29 is 5.11 Å². The van der Waals surface area contributed by atoms with Gasteiger partial charge in [0, 0.05) is 22.3 Å². The Kier molecular flexibility index (Phi) is 12.3. The average molecular weight is 1190 g/mol. The summed E-state index contributed by atoms with van der Waals surface area (Å²) in [6.45, 7) is 4.43. The summed E-state index contributed by atoms with van der Waals surface area (Å²) in [4.78, 5) is 0. The van der Waals surface area contributed by atoms with Crippen molar-refractivity contribution in [2.45, 2.75) is 30.1 Å². The van der Waals surface area contributed by atoms with Gasteiger partial charge in [0.1, 0.15) is 5.75 Å². The molecule has 1 spiro atoms. The fourth-order valence-corrected chi connectivity index (χ4v) is 17.3. The molecule has 0 saturated heterocycles. The Labute approximate surface area is 543 Å². The number of benzene rings is 15. The maximum Gasteiger partial charge on any atom is 0.128 e. The van der Waals surface area contributed by atoms with Crippen molar-refractivity contribution in [1.82, 2.24) is 0 Å². The first-order valence-corrected chi connectivity index (χ1v) is 32.4. The van der Waals surface area contributed by atoms with Crippen molar-refractivity contribution in [1.29, 1.82) is 0 Å². The van der Waals surface area contributed by atoms with E-state index in [1.807, 2.05) is 18.2 Å². The quantitative estimate of drug-likeness (QED) is 0.167. The van der Waals surface area contributed by atoms with Gasteiger partial charge in [0.05, 0.1) is 16.2 Å². The number of hydrogen-bond donors (Lipinski definition) is 2. The van der Waals surface area contributed by atoms with E-state index in [9.17, 15) is 5.11 Å². The van der Waals surface area contributed by atoms with E-state index in [2.05, 4.69) is 335 Å². The van der Waals surface area contributed by atoms with Crippen molar-refractivity contribution in [3.8, 4) is 61.4 Å². The van der Waals surface area contributed by atoms with E-state index in [4.69, 9.17) is 0 Å². The molecular weight excluding hydrogens is 1120 g/mol. The van der Waals surface area contributed by atoms with Gasteiger partial charge in [-0.15, -0.1) is 0 Å². The Balaban J connectivity index is 0.000000203. The SMILES string of the molecule is Cc1c(C2(c3ccc4ccccc4c3O)c3ccccc3-c3c(-c4ccc(Nc5ccc6c(c5)C(c5ccccc5)(c5ccccc5)c5ccccc5-6)cc4)cccc32)ccc2ccccc12.Cc1ccc2c(c1)-c1ccccc1C21c2ccccc2-c2ccccc21. The van der Waals surface area contributed by atoms with E-state index in [-0.39, 0.29) is 5.41 Å². The highest BCUT2D eigenvalue weighted by molar-refractivity contribution is 6.01. The van der Waals surface area contributed by atoms with E-state index in [1.165, 1.54) is 122 Å². The zero-order valence-corrected chi connectivity index (χ0v) is 51.7. The van der Waals surface area contributed by atoms with Crippen molar-refractivity contribution >= 4 is 32.9 Å². The first-order valence-electron chi connectivity index (χ1n) is 32.4. The molecule has 1 atom stereocenters. The number of aryl methyl sites for hydroxylation is 2. The van der Waals surface area contributed by atoms with Crippen LogP contribution in [0, 0.1) is 13.8 Å². The Morgan fingerprint density at radius 1 is 0.258 bits per heavy atom. The highest BCUT2D eigenvalue weighted by atomic mass is 16.3. The van der Waals surface area contributed by atoms with Gasteiger partial charge in [-0.2, -0.15) is 0 Å². The first-order chi connectivity index (χ1) is 45.9. The van der Waals surface area contributed by atoms with Gasteiger partial charge in [-0.05, 0) is 177 Å². The number of hydrogen-bond acceptors (Lipinski definition) is 2. The third-order valence-corrected chi connectivity index (χ3v) is 21.1. The number of aromatic hydroxyl groups is 1. The highest BCUT2D eigenvalue weighted by Gasteiger charge is 2.53. The molecule has 15 aromatic rings. The van der Waals surface area contributed by atoms with Crippen LogP contribution in [0.4, 0.5) is 11.4 Å². The first kappa shape index (κ1) is 54.4. The van der Waals surface area contributed by atoms with Crippen LogP contribution in [0.25, 0.3) is 77.2 Å². The lowest BCUT2D eigenvalue weighted by atomic mass is 9.65. The number of phenols is 1. The largest absolute Gasteiger partial charge is 0.507 e. The van der Waals surface area contributed by atoms with Crippen molar-refractivity contribution in [2.75, 3.05) is 5.32 Å². The molecule has 15 aromatic carbocycles. The molecule has 0 aromatic heterocycles. The lowest BCUT2D eigenvalue weighted by molar-refractivity contribution is 0.467. The van der Waals surface area contributed by atoms with Gasteiger partial charge in [0.25, 0.3) is 0 Å². The molecule has 0 amide bonds. The van der Waals surface area contributed by atoms with Crippen LogP contribution in [0.3, 0.4) is 0 Å². The molecule has 2 nitrogen and oxygen atoms in total. The van der Waals surface area contributed by atoms with Gasteiger partial charge < -0.3 is 10.4 Å². The predicted molar refractivity (Wildman–Crippen MR) is 385 cm³/mol. The molecule has 93 heavy (non-hydrogen) atoms. The zero-order chi connectivity index (χ0) is 62.0. The van der Waals surface area contributed by atoms with E-state index in [0.717, 1.165) is 44.4 Å². The summed E-state index contributed by atoms with van der Waals surface area (Å²) in [6, 6.07) is 122. The van der Waals surface area contributed by atoms with Gasteiger partial charge >= 0.3 is 0 Å². The monoisotopic (exact) mass is 1190 g/mol. The summed E-state index contributed by atoms with van der Waals surface area (Å²) in [5, 5.41) is 20.7. The smallest absolute Gasteiger partial charge is 0.128 e. The number of fused-ring (bicyclic) bond motifs is 18. The number of anilines is 2. The van der Waals surface area contributed by atoms with E-state index >= 15 is 0 Å². The molecule has 0 fully saturated rings. The minimum absolute atomic E-state index is 0.188. The molecular formula is C91H63NO. The van der Waals surface area contributed by atoms with Crippen LogP contribution < -0.4 is 5.32 Å². The van der Waals surface area contributed by atoms with Crippen LogP contribution in [0.5, 0.6) is 5.75 Å². The molecule has 0 radical (unpaired) electrons. The van der Waals surface area contributed by atoms with Gasteiger partial charge in [0.2, 0.25) is 0 Å². The molecule has 0 heterocycles. The third-order valence-electron chi connectivity index (χ3n) is 21.1. The predicted octanol–water partition coefficient (Wildman–Crippen LogP) is 22.5. The molecule has 4 aliphatic rings. The van der Waals surface area contributed by atoms with E-state index in [1.54, 1.807) is 0 Å². The lowest BCUT2D eigenvalue weighted by Crippen LogP contribution is -2.30. The van der Waals surface area contributed by atoms with E-state index < -0.39 is 10.8 Å². The average Bonchev–Trinajstić information content (AvgIpc) is 1.54. The molecule has 2 heteroatoms. The molecule has 0 saturated carbocycles. The molecule has 1 unspecified atom stereocenters. The topological polar surface area (TPSA) is 32.3 Å². The summed E-state index contributed by atoms with van der Waals surface area (Å²) in [7, 11) is 0. The molecule has 0 bridgehead atoms. The van der Waals surface area contributed by atoms with Gasteiger partial charge in [-0.3, -0.25) is 0 Å². The van der Waals surface area contributed by atoms with Crippen molar-refractivity contribution in [3.05, 3.63) is 412 Å². The Bertz CT molecular complexity index is 5350. The van der Waals surface area contributed by atoms with Crippen LogP contribution in [0.15, 0.2) is 334 Å². The summed E-state index contributed by atoms with van der Waals surface area (Å²) >= 11 is 0.